The molecule has 1 aromatic carbocycles. The van der Waals surface area contributed by atoms with E-state index < -0.39 is 5.82 Å². The summed E-state index contributed by atoms with van der Waals surface area (Å²) in [6, 6.07) is 8.52. The van der Waals surface area contributed by atoms with Crippen LogP contribution in [0.5, 0.6) is 11.5 Å². The Morgan fingerprint density at radius 1 is 1.11 bits per heavy atom. The van der Waals surface area contributed by atoms with Crippen molar-refractivity contribution in [2.75, 3.05) is 32.8 Å². The van der Waals surface area contributed by atoms with Crippen molar-refractivity contribution in [3.63, 3.8) is 0 Å². The normalized spacial score (nSPS) is 16.4. The summed E-state index contributed by atoms with van der Waals surface area (Å²) in [6.45, 7) is 5.35. The van der Waals surface area contributed by atoms with Crippen LogP contribution in [0, 0.1) is 11.7 Å². The minimum atomic E-state index is -0.475. The van der Waals surface area contributed by atoms with E-state index in [-0.39, 0.29) is 18.0 Å². The number of ether oxygens (including phenoxy) is 2. The van der Waals surface area contributed by atoms with E-state index in [0.717, 1.165) is 73.0 Å². The molecule has 9 heteroatoms. The van der Waals surface area contributed by atoms with Crippen molar-refractivity contribution in [2.24, 2.45) is 5.92 Å². The Morgan fingerprint density at radius 3 is 2.78 bits per heavy atom. The first-order chi connectivity index (χ1) is 18.1. The molecule has 0 N–H and O–H groups in total. The number of hydrogen-bond donors (Lipinski definition) is 0. The zero-order valence-electron chi connectivity index (χ0n) is 20.6. The van der Waals surface area contributed by atoms with E-state index in [0.29, 0.717) is 23.7 Å². The second-order valence-electron chi connectivity index (χ2n) is 9.81. The maximum atomic E-state index is 14.9. The number of ketones is 1. The van der Waals surface area contributed by atoms with E-state index in [1.54, 1.807) is 24.4 Å². The maximum absolute atomic E-state index is 14.9. The standard InChI is InChI=1S/C28H29FN4O3S/c29-22-15-20(14-21(34)13-19-1-2-19)3-4-25(22)36-26-5-6-30-23-16-27(37-28(23)26)24-17-33(18-31-24)8-7-32-9-11-35-12-10-32/h3-6,15-19H,1-2,7-14H2. The first-order valence-corrected chi connectivity index (χ1v) is 13.6. The van der Waals surface area contributed by atoms with Crippen LogP contribution in [-0.2, 0) is 22.5 Å². The third kappa shape index (κ3) is 5.89. The number of aromatic nitrogens is 3. The van der Waals surface area contributed by atoms with Crippen LogP contribution in [0.3, 0.4) is 0 Å². The van der Waals surface area contributed by atoms with Crippen LogP contribution in [0.1, 0.15) is 24.8 Å². The van der Waals surface area contributed by atoms with Gasteiger partial charge in [0.2, 0.25) is 0 Å². The van der Waals surface area contributed by atoms with Gasteiger partial charge in [-0.2, -0.15) is 0 Å². The van der Waals surface area contributed by atoms with Crippen LogP contribution in [0.15, 0.2) is 49.1 Å². The number of thiophene rings is 1. The van der Waals surface area contributed by atoms with E-state index in [1.807, 2.05) is 12.4 Å². The molecule has 2 fully saturated rings. The number of carbonyl (C=O) groups is 1. The zero-order chi connectivity index (χ0) is 25.2. The van der Waals surface area contributed by atoms with Gasteiger partial charge in [0.05, 0.1) is 40.3 Å². The first-order valence-electron chi connectivity index (χ1n) is 12.8. The van der Waals surface area contributed by atoms with Gasteiger partial charge in [0.15, 0.2) is 11.6 Å². The van der Waals surface area contributed by atoms with E-state index in [2.05, 4.69) is 25.6 Å². The smallest absolute Gasteiger partial charge is 0.166 e. The molecule has 4 heterocycles. The molecule has 0 spiro atoms. The van der Waals surface area contributed by atoms with Crippen LogP contribution in [0.4, 0.5) is 4.39 Å². The van der Waals surface area contributed by atoms with Crippen molar-refractivity contribution >= 4 is 27.3 Å². The topological polar surface area (TPSA) is 69.5 Å². The lowest BCUT2D eigenvalue weighted by Crippen LogP contribution is -2.38. The third-order valence-electron chi connectivity index (χ3n) is 6.87. The molecular weight excluding hydrogens is 491 g/mol. The molecule has 2 aliphatic rings. The molecule has 1 saturated heterocycles. The van der Waals surface area contributed by atoms with Crippen molar-refractivity contribution in [3.05, 3.63) is 60.4 Å². The van der Waals surface area contributed by atoms with E-state index in [1.165, 1.54) is 17.4 Å². The monoisotopic (exact) mass is 520 g/mol. The summed E-state index contributed by atoms with van der Waals surface area (Å²) in [4.78, 5) is 24.6. The highest BCUT2D eigenvalue weighted by molar-refractivity contribution is 7.22. The van der Waals surface area contributed by atoms with Crippen LogP contribution in [-0.4, -0.2) is 58.1 Å². The van der Waals surface area contributed by atoms with Gasteiger partial charge >= 0.3 is 0 Å². The second-order valence-corrected chi connectivity index (χ2v) is 10.9. The Balaban J connectivity index is 1.15. The van der Waals surface area contributed by atoms with Gasteiger partial charge in [-0.15, -0.1) is 11.3 Å². The lowest BCUT2D eigenvalue weighted by atomic mass is 10.0. The summed E-state index contributed by atoms with van der Waals surface area (Å²) in [5.41, 5.74) is 2.34. The number of hydrogen-bond acceptors (Lipinski definition) is 7. The first kappa shape index (κ1) is 24.2. The summed E-state index contributed by atoms with van der Waals surface area (Å²) < 4.78 is 29.2. The number of imidazole rings is 1. The summed E-state index contributed by atoms with van der Waals surface area (Å²) in [6.07, 6.45) is 8.70. The Labute approximate surface area is 218 Å². The largest absolute Gasteiger partial charge is 0.453 e. The summed E-state index contributed by atoms with van der Waals surface area (Å²) in [7, 11) is 0. The summed E-state index contributed by atoms with van der Waals surface area (Å²) >= 11 is 1.53. The molecule has 0 atom stereocenters. The molecule has 1 aliphatic heterocycles. The average Bonchev–Trinajstić information content (AvgIpc) is 3.39. The van der Waals surface area contributed by atoms with Crippen molar-refractivity contribution < 1.29 is 18.7 Å². The van der Waals surface area contributed by atoms with Crippen molar-refractivity contribution in [1.29, 1.82) is 0 Å². The van der Waals surface area contributed by atoms with Crippen molar-refractivity contribution in [3.8, 4) is 22.1 Å². The fourth-order valence-corrected chi connectivity index (χ4v) is 5.64. The number of morpholine rings is 1. The van der Waals surface area contributed by atoms with E-state index >= 15 is 0 Å². The fourth-order valence-electron chi connectivity index (χ4n) is 4.61. The molecule has 0 unspecified atom stereocenters. The fraction of sp³-hybridized carbons (Fsp3) is 0.393. The predicted molar refractivity (Wildman–Crippen MR) is 141 cm³/mol. The number of halogens is 1. The molecule has 6 rings (SSSR count). The maximum Gasteiger partial charge on any atom is 0.166 e. The van der Waals surface area contributed by atoms with Gasteiger partial charge in [-0.1, -0.05) is 6.07 Å². The summed E-state index contributed by atoms with van der Waals surface area (Å²) in [5, 5.41) is 0. The van der Waals surface area contributed by atoms with Crippen LogP contribution in [0.25, 0.3) is 20.8 Å². The minimum absolute atomic E-state index is 0.133. The van der Waals surface area contributed by atoms with Crippen molar-refractivity contribution in [2.45, 2.75) is 32.2 Å². The highest BCUT2D eigenvalue weighted by Crippen LogP contribution is 2.39. The van der Waals surface area contributed by atoms with Gasteiger partial charge in [-0.3, -0.25) is 14.7 Å². The molecule has 4 aromatic rings. The van der Waals surface area contributed by atoms with Gasteiger partial charge in [0, 0.05) is 57.5 Å². The van der Waals surface area contributed by atoms with Gasteiger partial charge in [0.25, 0.3) is 0 Å². The van der Waals surface area contributed by atoms with Gasteiger partial charge in [0.1, 0.15) is 11.5 Å². The van der Waals surface area contributed by atoms with Gasteiger partial charge in [-0.25, -0.2) is 9.37 Å². The number of nitrogens with zero attached hydrogens (tertiary/aromatic N) is 4. The van der Waals surface area contributed by atoms with Gasteiger partial charge in [-0.05, 0) is 42.5 Å². The highest BCUT2D eigenvalue weighted by atomic mass is 32.1. The predicted octanol–water partition coefficient (Wildman–Crippen LogP) is 5.34. The molecule has 0 amide bonds. The average molecular weight is 521 g/mol. The van der Waals surface area contributed by atoms with Crippen molar-refractivity contribution in [1.82, 2.24) is 19.4 Å². The second kappa shape index (κ2) is 10.7. The molecule has 1 saturated carbocycles. The van der Waals surface area contributed by atoms with Crippen LogP contribution >= 0.6 is 11.3 Å². The Morgan fingerprint density at radius 2 is 1.97 bits per heavy atom. The summed E-state index contributed by atoms with van der Waals surface area (Å²) in [5.74, 6) is 0.907. The highest BCUT2D eigenvalue weighted by Gasteiger charge is 2.24. The SMILES string of the molecule is O=C(Cc1ccc(Oc2ccnc3cc(-c4cn(CCN5CCOCC5)cn4)sc23)c(F)c1)CC1CC1. The number of benzene rings is 1. The molecule has 0 bridgehead atoms. The van der Waals surface area contributed by atoms with Gasteiger partial charge < -0.3 is 14.0 Å². The number of Topliss-reactive ketones (excluding diaryl/α,β-unsaturated/α-hetero) is 1. The molecule has 0 radical (unpaired) electrons. The Hall–Kier alpha value is -3.14. The van der Waals surface area contributed by atoms with Crippen LogP contribution < -0.4 is 4.74 Å². The Bertz CT molecular complexity index is 1410. The van der Waals surface area contributed by atoms with E-state index in [9.17, 15) is 9.18 Å². The molecule has 7 nitrogen and oxygen atoms in total. The molecule has 192 valence electrons. The van der Waals surface area contributed by atoms with E-state index in [4.69, 9.17) is 9.47 Å². The number of rotatable bonds is 10. The lowest BCUT2D eigenvalue weighted by Gasteiger charge is -2.26. The number of fused-ring (bicyclic) bond motifs is 1. The molecule has 3 aromatic heterocycles. The zero-order valence-corrected chi connectivity index (χ0v) is 21.4. The molecular formula is C28H29FN4O3S. The molecule has 1 aliphatic carbocycles. The Kier molecular flexibility index (Phi) is 6.99. The quantitative estimate of drug-likeness (QED) is 0.281. The minimum Gasteiger partial charge on any atom is -0.453 e. The van der Waals surface area contributed by atoms with Crippen LogP contribution in [0.2, 0.25) is 0 Å². The number of pyridine rings is 1. The molecule has 37 heavy (non-hydrogen) atoms. The third-order valence-corrected chi connectivity index (χ3v) is 8.03. The lowest BCUT2D eigenvalue weighted by molar-refractivity contribution is -0.118. The number of carbonyl (C=O) groups excluding carboxylic acids is 1.